The first-order valence-electron chi connectivity index (χ1n) is 9.93. The fraction of sp³-hybridized carbons (Fsp3) is 0.304. The first kappa shape index (κ1) is 19.4. The predicted molar refractivity (Wildman–Crippen MR) is 112 cm³/mol. The third kappa shape index (κ3) is 4.23. The first-order chi connectivity index (χ1) is 14.1. The second kappa shape index (κ2) is 8.59. The molecule has 0 saturated carbocycles. The van der Waals surface area contributed by atoms with Crippen molar-refractivity contribution in [2.45, 2.75) is 6.92 Å². The molecule has 0 spiro atoms. The zero-order valence-electron chi connectivity index (χ0n) is 16.6. The van der Waals surface area contributed by atoms with Crippen molar-refractivity contribution in [1.82, 2.24) is 9.80 Å². The highest BCUT2D eigenvalue weighted by atomic mass is 16.5. The topological polar surface area (TPSA) is 61.9 Å². The van der Waals surface area contributed by atoms with Crippen molar-refractivity contribution in [1.29, 1.82) is 0 Å². The van der Waals surface area contributed by atoms with Gasteiger partial charge in [-0.3, -0.25) is 19.4 Å². The number of amides is 2. The molecule has 1 fully saturated rings. The minimum Gasteiger partial charge on any atom is -0.379 e. The number of carbonyl (C=O) groups is 2. The molecular formula is C23H25N3O3. The smallest absolute Gasteiger partial charge is 0.278 e. The number of hydrogen-bond acceptors (Lipinski definition) is 5. The number of aryl methyl sites for hydroxylation is 1. The molecule has 2 aliphatic rings. The number of anilines is 1. The summed E-state index contributed by atoms with van der Waals surface area (Å²) in [5, 5.41) is 3.21. The molecule has 2 heterocycles. The highest BCUT2D eigenvalue weighted by Gasteiger charge is 2.39. The zero-order chi connectivity index (χ0) is 20.2. The molecule has 1 saturated heterocycles. The van der Waals surface area contributed by atoms with E-state index in [0.717, 1.165) is 29.9 Å². The van der Waals surface area contributed by atoms with E-state index in [-0.39, 0.29) is 11.8 Å². The number of benzene rings is 2. The predicted octanol–water partition coefficient (Wildman–Crippen LogP) is 2.52. The minimum atomic E-state index is -0.274. The van der Waals surface area contributed by atoms with Gasteiger partial charge in [0.25, 0.3) is 11.8 Å². The van der Waals surface area contributed by atoms with Gasteiger partial charge >= 0.3 is 0 Å². The van der Waals surface area contributed by atoms with Crippen LogP contribution in [0.25, 0.3) is 5.57 Å². The van der Waals surface area contributed by atoms with Crippen molar-refractivity contribution in [3.63, 3.8) is 0 Å². The van der Waals surface area contributed by atoms with Gasteiger partial charge in [-0.2, -0.15) is 0 Å². The van der Waals surface area contributed by atoms with Gasteiger partial charge in [-0.05, 0) is 30.2 Å². The zero-order valence-corrected chi connectivity index (χ0v) is 16.6. The summed E-state index contributed by atoms with van der Waals surface area (Å²) < 4.78 is 5.37. The van der Waals surface area contributed by atoms with Gasteiger partial charge in [-0.25, -0.2) is 0 Å². The molecule has 0 aliphatic carbocycles. The molecular weight excluding hydrogens is 366 g/mol. The molecule has 6 nitrogen and oxygen atoms in total. The van der Waals surface area contributed by atoms with Gasteiger partial charge in [-0.1, -0.05) is 42.5 Å². The number of ether oxygens (including phenoxy) is 1. The van der Waals surface area contributed by atoms with Crippen LogP contribution in [0.2, 0.25) is 0 Å². The Bertz CT molecular complexity index is 933. The molecule has 1 N–H and O–H groups in total. The molecule has 0 aromatic heterocycles. The Hall–Kier alpha value is -2.96. The summed E-state index contributed by atoms with van der Waals surface area (Å²) in [6, 6.07) is 17.2. The van der Waals surface area contributed by atoms with Gasteiger partial charge in [0.2, 0.25) is 0 Å². The summed E-state index contributed by atoms with van der Waals surface area (Å²) in [5.41, 5.74) is 3.39. The van der Waals surface area contributed by atoms with Crippen LogP contribution in [-0.4, -0.2) is 61.0 Å². The summed E-state index contributed by atoms with van der Waals surface area (Å²) in [6.07, 6.45) is 0. The van der Waals surface area contributed by atoms with Gasteiger partial charge < -0.3 is 10.1 Å². The van der Waals surface area contributed by atoms with Gasteiger partial charge in [0, 0.05) is 31.9 Å². The minimum absolute atomic E-state index is 0.246. The summed E-state index contributed by atoms with van der Waals surface area (Å²) in [6.45, 7) is 6.04. The number of morpholine rings is 1. The van der Waals surface area contributed by atoms with Crippen LogP contribution in [0.5, 0.6) is 0 Å². The Morgan fingerprint density at radius 3 is 2.41 bits per heavy atom. The molecule has 0 radical (unpaired) electrons. The van der Waals surface area contributed by atoms with Crippen molar-refractivity contribution in [2.75, 3.05) is 44.7 Å². The molecule has 6 heteroatoms. The largest absolute Gasteiger partial charge is 0.379 e. The summed E-state index contributed by atoms with van der Waals surface area (Å²) in [5.74, 6) is -0.520. The molecule has 2 amide bonds. The van der Waals surface area contributed by atoms with E-state index in [1.807, 2.05) is 61.5 Å². The molecule has 0 atom stereocenters. The van der Waals surface area contributed by atoms with E-state index in [0.29, 0.717) is 37.6 Å². The molecule has 2 aromatic carbocycles. The maximum absolute atomic E-state index is 13.2. The summed E-state index contributed by atoms with van der Waals surface area (Å²) in [4.78, 5) is 30.0. The van der Waals surface area contributed by atoms with Gasteiger partial charge in [0.15, 0.2) is 0 Å². The van der Waals surface area contributed by atoms with E-state index in [2.05, 4.69) is 10.2 Å². The Kier molecular flexibility index (Phi) is 5.74. The molecule has 4 rings (SSSR count). The van der Waals surface area contributed by atoms with Crippen molar-refractivity contribution in [3.05, 3.63) is 71.4 Å². The molecule has 2 aliphatic heterocycles. The SMILES string of the molecule is Cc1cccc(NC2=C(c3ccccc3)C(=O)N(CCN3CCOCC3)C2=O)c1. The molecule has 0 unspecified atom stereocenters. The van der Waals surface area contributed by atoms with Crippen molar-refractivity contribution in [2.24, 2.45) is 0 Å². The lowest BCUT2D eigenvalue weighted by Crippen LogP contribution is -2.43. The number of nitrogens with zero attached hydrogens (tertiary/aromatic N) is 2. The quantitative estimate of drug-likeness (QED) is 0.767. The molecule has 150 valence electrons. The lowest BCUT2D eigenvalue weighted by atomic mass is 10.0. The van der Waals surface area contributed by atoms with Crippen LogP contribution in [0.1, 0.15) is 11.1 Å². The number of hydrogen-bond donors (Lipinski definition) is 1. The molecule has 0 bridgehead atoms. The Morgan fingerprint density at radius 1 is 0.931 bits per heavy atom. The van der Waals surface area contributed by atoms with E-state index >= 15 is 0 Å². The van der Waals surface area contributed by atoms with Crippen LogP contribution in [0, 0.1) is 6.92 Å². The van der Waals surface area contributed by atoms with Gasteiger partial charge in [0.1, 0.15) is 5.70 Å². The Balaban J connectivity index is 1.61. The highest BCUT2D eigenvalue weighted by molar-refractivity contribution is 6.36. The monoisotopic (exact) mass is 391 g/mol. The van der Waals surface area contributed by atoms with Gasteiger partial charge in [-0.15, -0.1) is 0 Å². The maximum Gasteiger partial charge on any atom is 0.278 e. The second-order valence-corrected chi connectivity index (χ2v) is 7.33. The lowest BCUT2D eigenvalue weighted by Gasteiger charge is -2.28. The van der Waals surface area contributed by atoms with E-state index in [1.54, 1.807) is 0 Å². The lowest BCUT2D eigenvalue weighted by molar-refractivity contribution is -0.137. The third-order valence-corrected chi connectivity index (χ3v) is 5.26. The van der Waals surface area contributed by atoms with Crippen LogP contribution in [0.15, 0.2) is 60.3 Å². The number of carbonyl (C=O) groups excluding carboxylic acids is 2. The van der Waals surface area contributed by atoms with Gasteiger partial charge in [0.05, 0.1) is 18.8 Å². The number of imide groups is 1. The normalized spacial score (nSPS) is 17.9. The highest BCUT2D eigenvalue weighted by Crippen LogP contribution is 2.30. The van der Waals surface area contributed by atoms with E-state index in [1.165, 1.54) is 4.90 Å². The molecule has 2 aromatic rings. The average Bonchev–Trinajstić information content (AvgIpc) is 2.97. The van der Waals surface area contributed by atoms with E-state index < -0.39 is 0 Å². The average molecular weight is 391 g/mol. The summed E-state index contributed by atoms with van der Waals surface area (Å²) >= 11 is 0. The fourth-order valence-electron chi connectivity index (χ4n) is 3.70. The number of nitrogens with one attached hydrogen (secondary N) is 1. The Morgan fingerprint density at radius 2 is 1.69 bits per heavy atom. The van der Waals surface area contributed by atoms with Crippen molar-refractivity contribution in [3.8, 4) is 0 Å². The van der Waals surface area contributed by atoms with Crippen molar-refractivity contribution < 1.29 is 14.3 Å². The third-order valence-electron chi connectivity index (χ3n) is 5.26. The fourth-order valence-corrected chi connectivity index (χ4v) is 3.70. The second-order valence-electron chi connectivity index (χ2n) is 7.33. The summed E-state index contributed by atoms with van der Waals surface area (Å²) in [7, 11) is 0. The standard InChI is InChI=1S/C23H25N3O3/c1-17-6-5-9-19(16-17)24-21-20(18-7-3-2-4-8-18)22(27)26(23(21)28)11-10-25-12-14-29-15-13-25/h2-9,16,24H,10-15H2,1H3. The van der Waals surface area contributed by atoms with Crippen LogP contribution in [-0.2, 0) is 14.3 Å². The van der Waals surface area contributed by atoms with E-state index in [4.69, 9.17) is 4.74 Å². The molecule has 29 heavy (non-hydrogen) atoms. The van der Waals surface area contributed by atoms with Crippen molar-refractivity contribution >= 4 is 23.1 Å². The van der Waals surface area contributed by atoms with E-state index in [9.17, 15) is 9.59 Å². The van der Waals surface area contributed by atoms with Crippen LogP contribution in [0.3, 0.4) is 0 Å². The van der Waals surface area contributed by atoms with Crippen LogP contribution in [0.4, 0.5) is 5.69 Å². The first-order valence-corrected chi connectivity index (χ1v) is 9.93. The number of rotatable bonds is 6. The van der Waals surface area contributed by atoms with Crippen LogP contribution >= 0.6 is 0 Å². The Labute approximate surface area is 170 Å². The van der Waals surface area contributed by atoms with Crippen LogP contribution < -0.4 is 5.32 Å². The maximum atomic E-state index is 13.2.